The van der Waals surface area contributed by atoms with Crippen molar-refractivity contribution in [2.24, 2.45) is 0 Å². The number of thiazole rings is 1. The molecule has 4 rings (SSSR count). The molecule has 0 saturated carbocycles. The second kappa shape index (κ2) is 8.91. The van der Waals surface area contributed by atoms with E-state index in [1.807, 2.05) is 0 Å². The van der Waals surface area contributed by atoms with Gasteiger partial charge in [0.15, 0.2) is 5.13 Å². The molecule has 0 radical (unpaired) electrons. The maximum absolute atomic E-state index is 12.7. The number of nitrogens with zero attached hydrogens (tertiary/aromatic N) is 2. The molecule has 2 aromatic heterocycles. The standard InChI is InChI=1S/C18H15Cl2N3O4S3/c19-15-9-13(16(20)29-15)14-10-28-18(21-14)22-17(24)11-1-3-12(4-2-11)30(25,26)23-5-7-27-8-6-23/h1-4,9-10H,5-8H2,(H,21,22,24). The van der Waals surface area contributed by atoms with E-state index in [1.54, 1.807) is 11.4 Å². The molecule has 0 bridgehead atoms. The van der Waals surface area contributed by atoms with Crippen LogP contribution in [0.15, 0.2) is 40.6 Å². The summed E-state index contributed by atoms with van der Waals surface area (Å²) in [5, 5.41) is 4.89. The van der Waals surface area contributed by atoms with Crippen molar-refractivity contribution < 1.29 is 17.9 Å². The Labute approximate surface area is 191 Å². The number of carbonyl (C=O) groups is 1. The lowest BCUT2D eigenvalue weighted by Gasteiger charge is -2.26. The fourth-order valence-electron chi connectivity index (χ4n) is 2.85. The van der Waals surface area contributed by atoms with Crippen LogP contribution in [0.3, 0.4) is 0 Å². The van der Waals surface area contributed by atoms with Crippen molar-refractivity contribution in [3.8, 4) is 11.3 Å². The molecular formula is C18H15Cl2N3O4S3. The van der Waals surface area contributed by atoms with E-state index in [9.17, 15) is 13.2 Å². The first kappa shape index (κ1) is 21.7. The zero-order valence-electron chi connectivity index (χ0n) is 15.3. The Morgan fingerprint density at radius 1 is 1.17 bits per heavy atom. The van der Waals surface area contributed by atoms with Gasteiger partial charge in [0.1, 0.15) is 4.34 Å². The largest absolute Gasteiger partial charge is 0.379 e. The third-order valence-electron chi connectivity index (χ3n) is 4.38. The van der Waals surface area contributed by atoms with E-state index in [4.69, 9.17) is 27.9 Å². The number of carbonyl (C=O) groups excluding carboxylic acids is 1. The number of thiophene rings is 1. The summed E-state index contributed by atoms with van der Waals surface area (Å²) < 4.78 is 33.0. The minimum absolute atomic E-state index is 0.140. The molecule has 0 spiro atoms. The highest BCUT2D eigenvalue weighted by atomic mass is 35.5. The summed E-state index contributed by atoms with van der Waals surface area (Å²) in [6.45, 7) is 1.38. The Kier molecular flexibility index (Phi) is 6.44. The zero-order valence-corrected chi connectivity index (χ0v) is 19.3. The summed E-state index contributed by atoms with van der Waals surface area (Å²) in [6, 6.07) is 7.54. The zero-order chi connectivity index (χ0) is 21.3. The first-order valence-corrected chi connectivity index (χ1v) is 12.6. The number of morpholine rings is 1. The van der Waals surface area contributed by atoms with Crippen LogP contribution in [0, 0.1) is 0 Å². The number of sulfonamides is 1. The van der Waals surface area contributed by atoms with Crippen LogP contribution in [0.25, 0.3) is 11.3 Å². The second-order valence-corrected chi connectivity index (χ2v) is 11.4. The maximum atomic E-state index is 12.7. The van der Waals surface area contributed by atoms with Crippen molar-refractivity contribution in [2.75, 3.05) is 31.6 Å². The molecule has 0 atom stereocenters. The van der Waals surface area contributed by atoms with Gasteiger partial charge in [-0.2, -0.15) is 4.31 Å². The van der Waals surface area contributed by atoms with Gasteiger partial charge in [-0.3, -0.25) is 10.1 Å². The summed E-state index contributed by atoms with van der Waals surface area (Å²) in [5.74, 6) is -0.388. The Hall–Kier alpha value is -1.53. The van der Waals surface area contributed by atoms with Gasteiger partial charge in [0.25, 0.3) is 5.91 Å². The van der Waals surface area contributed by atoms with Crippen molar-refractivity contribution >= 4 is 66.9 Å². The molecule has 0 aliphatic carbocycles. The highest BCUT2D eigenvalue weighted by Gasteiger charge is 2.26. The first-order valence-electron chi connectivity index (χ1n) is 8.74. The number of nitrogens with one attached hydrogen (secondary N) is 1. The summed E-state index contributed by atoms with van der Waals surface area (Å²) in [7, 11) is -3.60. The predicted molar refractivity (Wildman–Crippen MR) is 119 cm³/mol. The molecule has 0 unspecified atom stereocenters. The SMILES string of the molecule is O=C(Nc1nc(-c2cc(Cl)sc2Cl)cs1)c1ccc(S(=O)(=O)N2CCOCC2)cc1. The number of halogens is 2. The molecule has 1 fully saturated rings. The molecule has 1 saturated heterocycles. The minimum Gasteiger partial charge on any atom is -0.379 e. The predicted octanol–water partition coefficient (Wildman–Crippen LogP) is 4.45. The molecule has 12 heteroatoms. The molecule has 1 N–H and O–H groups in total. The van der Waals surface area contributed by atoms with E-state index in [-0.39, 0.29) is 10.8 Å². The number of anilines is 1. The Morgan fingerprint density at radius 2 is 1.87 bits per heavy atom. The number of amides is 1. The van der Waals surface area contributed by atoms with Gasteiger partial charge >= 0.3 is 0 Å². The number of aromatic nitrogens is 1. The average Bonchev–Trinajstić information content (AvgIpc) is 3.34. The lowest BCUT2D eigenvalue weighted by molar-refractivity contribution is 0.0730. The number of hydrogen-bond donors (Lipinski definition) is 1. The van der Waals surface area contributed by atoms with Crippen LogP contribution in [0.4, 0.5) is 5.13 Å². The van der Waals surface area contributed by atoms with Crippen LogP contribution in [0.1, 0.15) is 10.4 Å². The molecule has 7 nitrogen and oxygen atoms in total. The van der Waals surface area contributed by atoms with E-state index in [1.165, 1.54) is 51.2 Å². The summed E-state index contributed by atoms with van der Waals surface area (Å²) in [4.78, 5) is 17.0. The van der Waals surface area contributed by atoms with E-state index in [2.05, 4.69) is 10.3 Å². The summed E-state index contributed by atoms with van der Waals surface area (Å²) in [6.07, 6.45) is 0. The Morgan fingerprint density at radius 3 is 2.50 bits per heavy atom. The fraction of sp³-hybridized carbons (Fsp3) is 0.222. The fourth-order valence-corrected chi connectivity index (χ4v) is 6.45. The number of rotatable bonds is 5. The lowest BCUT2D eigenvalue weighted by Crippen LogP contribution is -2.40. The van der Waals surface area contributed by atoms with Crippen LogP contribution in [-0.2, 0) is 14.8 Å². The highest BCUT2D eigenvalue weighted by Crippen LogP contribution is 2.39. The molecule has 1 aliphatic heterocycles. The van der Waals surface area contributed by atoms with Gasteiger partial charge in [0.05, 0.1) is 28.1 Å². The molecule has 3 aromatic rings. The quantitative estimate of drug-likeness (QED) is 0.555. The molecule has 158 valence electrons. The molecule has 1 amide bonds. The third kappa shape index (κ3) is 4.54. The minimum atomic E-state index is -3.60. The van der Waals surface area contributed by atoms with E-state index in [0.29, 0.717) is 56.9 Å². The molecular weight excluding hydrogens is 489 g/mol. The second-order valence-electron chi connectivity index (χ2n) is 6.27. The van der Waals surface area contributed by atoms with Gasteiger partial charge in [-0.1, -0.05) is 23.2 Å². The van der Waals surface area contributed by atoms with Crippen molar-refractivity contribution in [3.05, 3.63) is 49.9 Å². The maximum Gasteiger partial charge on any atom is 0.257 e. The molecule has 3 heterocycles. The third-order valence-corrected chi connectivity index (χ3v) is 8.54. The first-order chi connectivity index (χ1) is 14.3. The van der Waals surface area contributed by atoms with Crippen molar-refractivity contribution in [1.82, 2.24) is 9.29 Å². The van der Waals surface area contributed by atoms with Crippen molar-refractivity contribution in [1.29, 1.82) is 0 Å². The van der Waals surface area contributed by atoms with E-state index >= 15 is 0 Å². The van der Waals surface area contributed by atoms with Gasteiger partial charge in [-0.25, -0.2) is 13.4 Å². The van der Waals surface area contributed by atoms with Crippen LogP contribution in [0.2, 0.25) is 8.67 Å². The van der Waals surface area contributed by atoms with Crippen molar-refractivity contribution in [3.63, 3.8) is 0 Å². The lowest BCUT2D eigenvalue weighted by atomic mass is 10.2. The van der Waals surface area contributed by atoms with Crippen molar-refractivity contribution in [2.45, 2.75) is 4.90 Å². The summed E-state index contributed by atoms with van der Waals surface area (Å²) >= 11 is 14.6. The number of hydrogen-bond acceptors (Lipinski definition) is 7. The Balaban J connectivity index is 1.46. The molecule has 30 heavy (non-hydrogen) atoms. The smallest absolute Gasteiger partial charge is 0.257 e. The van der Waals surface area contributed by atoms with E-state index < -0.39 is 10.0 Å². The van der Waals surface area contributed by atoms with Crippen LogP contribution < -0.4 is 5.32 Å². The van der Waals surface area contributed by atoms with Gasteiger partial charge < -0.3 is 4.74 Å². The van der Waals surface area contributed by atoms with Gasteiger partial charge in [-0.15, -0.1) is 22.7 Å². The monoisotopic (exact) mass is 503 g/mol. The van der Waals surface area contributed by atoms with E-state index in [0.717, 1.165) is 0 Å². The van der Waals surface area contributed by atoms with Gasteiger partial charge in [-0.05, 0) is 30.3 Å². The molecule has 1 aliphatic rings. The highest BCUT2D eigenvalue weighted by molar-refractivity contribution is 7.89. The topological polar surface area (TPSA) is 88.6 Å². The van der Waals surface area contributed by atoms with Crippen LogP contribution in [-0.4, -0.2) is 49.9 Å². The number of benzene rings is 1. The Bertz CT molecular complexity index is 1170. The molecule has 1 aromatic carbocycles. The average molecular weight is 504 g/mol. The van der Waals surface area contributed by atoms with Gasteiger partial charge in [0.2, 0.25) is 10.0 Å². The van der Waals surface area contributed by atoms with Crippen LogP contribution in [0.5, 0.6) is 0 Å². The number of ether oxygens (including phenoxy) is 1. The normalized spacial score (nSPS) is 15.3. The van der Waals surface area contributed by atoms with Gasteiger partial charge in [0, 0.05) is 29.6 Å². The van der Waals surface area contributed by atoms with Crippen LogP contribution >= 0.6 is 45.9 Å². The summed E-state index contributed by atoms with van der Waals surface area (Å²) in [5.41, 5.74) is 1.65.